The van der Waals surface area contributed by atoms with Gasteiger partial charge in [0.15, 0.2) is 11.7 Å². The van der Waals surface area contributed by atoms with E-state index in [0.29, 0.717) is 32.3 Å². The van der Waals surface area contributed by atoms with Gasteiger partial charge in [-0.1, -0.05) is 47.5 Å². The van der Waals surface area contributed by atoms with Gasteiger partial charge in [0.1, 0.15) is 5.75 Å². The lowest BCUT2D eigenvalue weighted by Gasteiger charge is -2.13. The Morgan fingerprint density at radius 3 is 2.56 bits per heavy atom. The summed E-state index contributed by atoms with van der Waals surface area (Å²) in [6.07, 6.45) is 1.51. The Bertz CT molecular complexity index is 1390. The summed E-state index contributed by atoms with van der Waals surface area (Å²) in [6.45, 7) is -0.266. The molecule has 2 N–H and O–H groups in total. The van der Waals surface area contributed by atoms with Gasteiger partial charge < -0.3 is 10.1 Å². The first-order chi connectivity index (χ1) is 15.3. The minimum atomic E-state index is -3.87. The van der Waals surface area contributed by atoms with Crippen LogP contribution in [0.3, 0.4) is 0 Å². The summed E-state index contributed by atoms with van der Waals surface area (Å²) in [4.78, 5) is 16.5. The van der Waals surface area contributed by atoms with Gasteiger partial charge in [0.2, 0.25) is 0 Å². The van der Waals surface area contributed by atoms with E-state index in [9.17, 15) is 13.2 Å². The molecule has 0 fully saturated rings. The number of amides is 1. The van der Waals surface area contributed by atoms with Gasteiger partial charge in [0, 0.05) is 34.1 Å². The van der Waals surface area contributed by atoms with Crippen molar-refractivity contribution in [3.63, 3.8) is 0 Å². The fraction of sp³-hybridized carbons (Fsp3) is 0.0476. The molecule has 0 saturated carbocycles. The van der Waals surface area contributed by atoms with Crippen molar-refractivity contribution < 1.29 is 17.9 Å². The van der Waals surface area contributed by atoms with Crippen molar-refractivity contribution in [2.24, 2.45) is 0 Å². The monoisotopic (exact) mass is 507 g/mol. The van der Waals surface area contributed by atoms with E-state index in [0.717, 1.165) is 0 Å². The highest BCUT2D eigenvalue weighted by atomic mass is 35.5. The van der Waals surface area contributed by atoms with Crippen molar-refractivity contribution in [3.8, 4) is 5.75 Å². The Hall–Kier alpha value is -2.85. The summed E-state index contributed by atoms with van der Waals surface area (Å²) < 4.78 is 33.7. The van der Waals surface area contributed by atoms with Crippen LogP contribution in [0.2, 0.25) is 10.0 Å². The molecule has 1 heterocycles. The molecule has 4 aromatic rings. The molecule has 0 radical (unpaired) electrons. The summed E-state index contributed by atoms with van der Waals surface area (Å²) in [7, 11) is -3.87. The predicted octanol–water partition coefficient (Wildman–Crippen LogP) is 5.42. The van der Waals surface area contributed by atoms with Gasteiger partial charge in [0.25, 0.3) is 15.9 Å². The van der Waals surface area contributed by atoms with Crippen molar-refractivity contribution in [2.75, 3.05) is 16.6 Å². The number of thiazole rings is 1. The van der Waals surface area contributed by atoms with Crippen LogP contribution in [0.1, 0.15) is 0 Å². The van der Waals surface area contributed by atoms with Crippen LogP contribution >= 0.6 is 34.5 Å². The minimum absolute atomic E-state index is 0.0772. The number of ether oxygens (including phenoxy) is 1. The second kappa shape index (κ2) is 9.33. The number of halogens is 2. The molecule has 164 valence electrons. The summed E-state index contributed by atoms with van der Waals surface area (Å²) in [5.74, 6) is -0.0214. The smallest absolute Gasteiger partial charge is 0.264 e. The first-order valence-electron chi connectivity index (χ1n) is 9.15. The molecule has 0 saturated heterocycles. The van der Waals surface area contributed by atoms with Crippen molar-refractivity contribution in [2.45, 2.75) is 4.90 Å². The number of benzene rings is 3. The van der Waals surface area contributed by atoms with Crippen LogP contribution < -0.4 is 14.8 Å². The molecular formula is C21H15Cl2N3O4S2. The molecule has 0 aliphatic heterocycles. The summed E-state index contributed by atoms with van der Waals surface area (Å²) in [5.41, 5.74) is 0.455. The maximum Gasteiger partial charge on any atom is 0.264 e. The van der Waals surface area contributed by atoms with Crippen molar-refractivity contribution in [1.82, 2.24) is 4.98 Å². The summed E-state index contributed by atoms with van der Waals surface area (Å²) in [5, 5.41) is 6.43. The zero-order chi connectivity index (χ0) is 22.7. The molecular weight excluding hydrogens is 493 g/mol. The predicted molar refractivity (Wildman–Crippen MR) is 127 cm³/mol. The van der Waals surface area contributed by atoms with E-state index in [1.165, 1.54) is 29.7 Å². The third-order valence-corrected chi connectivity index (χ3v) is 7.31. The molecule has 0 bridgehead atoms. The van der Waals surface area contributed by atoms with E-state index in [-0.39, 0.29) is 16.6 Å². The molecule has 1 amide bonds. The van der Waals surface area contributed by atoms with Crippen LogP contribution in [0.25, 0.3) is 10.8 Å². The number of hydrogen-bond donors (Lipinski definition) is 2. The Kier molecular flexibility index (Phi) is 6.52. The highest BCUT2D eigenvalue weighted by molar-refractivity contribution is 7.93. The quantitative estimate of drug-likeness (QED) is 0.348. The van der Waals surface area contributed by atoms with Crippen molar-refractivity contribution in [1.29, 1.82) is 0 Å². The third kappa shape index (κ3) is 4.97. The van der Waals surface area contributed by atoms with Crippen molar-refractivity contribution in [3.05, 3.63) is 76.2 Å². The lowest BCUT2D eigenvalue weighted by atomic mass is 10.1. The number of nitrogens with one attached hydrogen (secondary N) is 2. The van der Waals surface area contributed by atoms with Gasteiger partial charge in [-0.05, 0) is 24.3 Å². The molecule has 11 heteroatoms. The Morgan fingerprint density at radius 2 is 1.81 bits per heavy atom. The highest BCUT2D eigenvalue weighted by Crippen LogP contribution is 2.30. The van der Waals surface area contributed by atoms with Gasteiger partial charge in [-0.15, -0.1) is 11.3 Å². The summed E-state index contributed by atoms with van der Waals surface area (Å²) >= 11 is 13.0. The zero-order valence-corrected chi connectivity index (χ0v) is 19.4. The number of anilines is 2. The first-order valence-corrected chi connectivity index (χ1v) is 12.3. The van der Waals surface area contributed by atoms with E-state index in [1.54, 1.807) is 47.8 Å². The van der Waals surface area contributed by atoms with E-state index < -0.39 is 15.9 Å². The number of hydrogen-bond acceptors (Lipinski definition) is 6. The van der Waals surface area contributed by atoms with Gasteiger partial charge in [-0.25, -0.2) is 13.4 Å². The molecule has 1 aromatic heterocycles. The topological polar surface area (TPSA) is 97.4 Å². The van der Waals surface area contributed by atoms with E-state index in [4.69, 9.17) is 27.9 Å². The second-order valence-corrected chi connectivity index (χ2v) is 9.87. The molecule has 7 nitrogen and oxygen atoms in total. The van der Waals surface area contributed by atoms with Gasteiger partial charge in [0.05, 0.1) is 14.9 Å². The SMILES string of the molecule is O=C(COc1ccc(Cl)c(Cl)c1)Nc1cccc2c(S(=O)(=O)Nc3nccs3)cccc12. The van der Waals surface area contributed by atoms with Gasteiger partial charge in [-0.2, -0.15) is 0 Å². The van der Waals surface area contributed by atoms with E-state index in [2.05, 4.69) is 15.0 Å². The minimum Gasteiger partial charge on any atom is -0.484 e. The molecule has 32 heavy (non-hydrogen) atoms. The number of sulfonamides is 1. The number of carbonyl (C=O) groups excluding carboxylic acids is 1. The first kappa shape index (κ1) is 22.3. The number of nitrogens with zero attached hydrogens (tertiary/aromatic N) is 1. The van der Waals surface area contributed by atoms with Gasteiger partial charge in [-0.3, -0.25) is 9.52 Å². The number of aromatic nitrogens is 1. The highest BCUT2D eigenvalue weighted by Gasteiger charge is 2.19. The third-order valence-electron chi connectivity index (χ3n) is 4.36. The largest absolute Gasteiger partial charge is 0.484 e. The Morgan fingerprint density at radius 1 is 1.03 bits per heavy atom. The van der Waals surface area contributed by atoms with Crippen LogP contribution in [0.5, 0.6) is 5.75 Å². The molecule has 0 aliphatic carbocycles. The van der Waals surface area contributed by atoms with Crippen LogP contribution in [0.15, 0.2) is 71.1 Å². The zero-order valence-electron chi connectivity index (χ0n) is 16.2. The molecule has 0 aliphatic rings. The summed E-state index contributed by atoms with van der Waals surface area (Å²) in [6, 6.07) is 14.6. The standard InChI is InChI=1S/C21H15Cl2N3O4S2/c22-16-8-7-13(11-17(16)23)30-12-20(27)25-18-5-1-4-15-14(18)3-2-6-19(15)32(28,29)26-21-24-9-10-31-21/h1-11H,12H2,(H,24,26)(H,25,27). The number of fused-ring (bicyclic) bond motifs is 1. The van der Waals surface area contributed by atoms with Crippen LogP contribution in [-0.2, 0) is 14.8 Å². The average molecular weight is 508 g/mol. The number of rotatable bonds is 7. The maximum absolute atomic E-state index is 12.9. The second-order valence-electron chi connectivity index (χ2n) is 6.51. The Labute approximate surface area is 198 Å². The molecule has 0 unspecified atom stereocenters. The molecule has 0 atom stereocenters. The van der Waals surface area contributed by atoms with E-state index >= 15 is 0 Å². The van der Waals surface area contributed by atoms with Crippen LogP contribution in [0, 0.1) is 0 Å². The van der Waals surface area contributed by atoms with E-state index in [1.807, 2.05) is 0 Å². The fourth-order valence-corrected chi connectivity index (χ4v) is 5.27. The maximum atomic E-state index is 12.9. The molecule has 4 rings (SSSR count). The fourth-order valence-electron chi connectivity index (χ4n) is 2.97. The normalized spacial score (nSPS) is 11.3. The lowest BCUT2D eigenvalue weighted by molar-refractivity contribution is -0.118. The van der Waals surface area contributed by atoms with Crippen LogP contribution in [-0.4, -0.2) is 25.9 Å². The lowest BCUT2D eigenvalue weighted by Crippen LogP contribution is -2.20. The average Bonchev–Trinajstić information content (AvgIpc) is 3.27. The molecule has 0 spiro atoms. The van der Waals surface area contributed by atoms with Gasteiger partial charge >= 0.3 is 0 Å². The Balaban J connectivity index is 1.55. The van der Waals surface area contributed by atoms with Crippen LogP contribution in [0.4, 0.5) is 10.8 Å². The number of carbonyl (C=O) groups is 1. The molecule has 3 aromatic carbocycles. The van der Waals surface area contributed by atoms with Crippen molar-refractivity contribution >= 4 is 72.1 Å².